The lowest BCUT2D eigenvalue weighted by atomic mass is 9.82. The number of piperidine rings is 2. The van der Waals surface area contributed by atoms with E-state index in [1.54, 1.807) is 17.0 Å². The molecule has 24 heavy (non-hydrogen) atoms. The molecule has 1 N–H and O–H groups in total. The number of hydrogen-bond acceptors (Lipinski definition) is 3. The predicted octanol–water partition coefficient (Wildman–Crippen LogP) is 2.48. The lowest BCUT2D eigenvalue weighted by Crippen LogP contribution is -3.18. The summed E-state index contributed by atoms with van der Waals surface area (Å²) in [7, 11) is 0. The van der Waals surface area contributed by atoms with Crippen molar-refractivity contribution >= 4 is 5.97 Å². The van der Waals surface area contributed by atoms with Crippen molar-refractivity contribution < 1.29 is 19.2 Å². The van der Waals surface area contributed by atoms with Gasteiger partial charge in [0.15, 0.2) is 0 Å². The Hall–Kier alpha value is -1.55. The van der Waals surface area contributed by atoms with E-state index in [2.05, 4.69) is 0 Å². The van der Waals surface area contributed by atoms with E-state index < -0.39 is 0 Å². The van der Waals surface area contributed by atoms with Gasteiger partial charge >= 0.3 is 5.97 Å². The number of hydrogen-bond donors (Lipinski definition) is 1. The summed E-state index contributed by atoms with van der Waals surface area (Å²) in [6.07, 6.45) is 7.74. The van der Waals surface area contributed by atoms with Crippen LogP contribution in [0.25, 0.3) is 0 Å². The maximum atomic E-state index is 12.2. The molecule has 2 saturated heterocycles. The number of nitrogens with one attached hydrogen (secondary N) is 1. The summed E-state index contributed by atoms with van der Waals surface area (Å²) < 4.78 is 10.9. The quantitative estimate of drug-likeness (QED) is 0.814. The molecule has 4 heteroatoms. The van der Waals surface area contributed by atoms with Crippen LogP contribution in [0.15, 0.2) is 24.3 Å². The number of benzene rings is 1. The van der Waals surface area contributed by atoms with Gasteiger partial charge in [-0.05, 0) is 69.7 Å². The third kappa shape index (κ3) is 4.29. The number of carbonyl (C=O) groups is 1. The fourth-order valence-electron chi connectivity index (χ4n) is 4.36. The van der Waals surface area contributed by atoms with Crippen LogP contribution in [-0.2, 0) is 4.74 Å². The molecule has 1 aromatic carbocycles. The van der Waals surface area contributed by atoms with Gasteiger partial charge in [0, 0.05) is 5.92 Å². The number of ether oxygens (including phenoxy) is 2. The Labute approximate surface area is 145 Å². The molecule has 4 nitrogen and oxygen atoms in total. The van der Waals surface area contributed by atoms with Gasteiger partial charge in [-0.2, -0.15) is 0 Å². The van der Waals surface area contributed by atoms with E-state index in [-0.39, 0.29) is 5.97 Å². The highest BCUT2D eigenvalue weighted by Gasteiger charge is 2.36. The minimum atomic E-state index is -0.221. The second kappa shape index (κ2) is 8.52. The van der Waals surface area contributed by atoms with Gasteiger partial charge in [0.2, 0.25) is 0 Å². The van der Waals surface area contributed by atoms with Crippen LogP contribution in [0.1, 0.15) is 55.8 Å². The Balaban J connectivity index is 1.46. The van der Waals surface area contributed by atoms with E-state index in [0.29, 0.717) is 18.8 Å². The van der Waals surface area contributed by atoms with Crippen molar-refractivity contribution in [3.63, 3.8) is 0 Å². The van der Waals surface area contributed by atoms with Gasteiger partial charge in [-0.25, -0.2) is 4.79 Å². The van der Waals surface area contributed by atoms with Crippen LogP contribution in [0.5, 0.6) is 5.75 Å². The second-order valence-corrected chi connectivity index (χ2v) is 7.04. The summed E-state index contributed by atoms with van der Waals surface area (Å²) in [5.74, 6) is 1.29. The summed E-state index contributed by atoms with van der Waals surface area (Å²) in [6, 6.07) is 8.01. The Kier molecular flexibility index (Phi) is 6.13. The van der Waals surface area contributed by atoms with Gasteiger partial charge in [0.25, 0.3) is 0 Å². The zero-order valence-corrected chi connectivity index (χ0v) is 14.8. The Morgan fingerprint density at radius 1 is 1.12 bits per heavy atom. The number of carbonyl (C=O) groups excluding carboxylic acids is 1. The van der Waals surface area contributed by atoms with Crippen LogP contribution in [-0.4, -0.2) is 38.3 Å². The highest BCUT2D eigenvalue weighted by Crippen LogP contribution is 2.23. The van der Waals surface area contributed by atoms with Gasteiger partial charge in [-0.15, -0.1) is 0 Å². The molecule has 1 unspecified atom stereocenters. The molecule has 3 rings (SSSR count). The first kappa shape index (κ1) is 17.3. The number of fused-ring (bicyclic) bond motifs is 1. The van der Waals surface area contributed by atoms with Crippen LogP contribution in [0, 0.1) is 5.92 Å². The molecular weight excluding hydrogens is 302 g/mol. The average Bonchev–Trinajstić information content (AvgIpc) is 2.63. The van der Waals surface area contributed by atoms with E-state index in [1.165, 1.54) is 45.2 Å². The van der Waals surface area contributed by atoms with Gasteiger partial charge in [0.1, 0.15) is 5.75 Å². The molecule has 0 bridgehead atoms. The van der Waals surface area contributed by atoms with E-state index in [4.69, 9.17) is 9.47 Å². The molecule has 2 heterocycles. The smallest absolute Gasteiger partial charge is 0.338 e. The summed E-state index contributed by atoms with van der Waals surface area (Å²) in [5, 5.41) is 0. The Morgan fingerprint density at radius 2 is 1.92 bits per heavy atom. The van der Waals surface area contributed by atoms with Gasteiger partial charge in [-0.1, -0.05) is 0 Å². The minimum Gasteiger partial charge on any atom is -0.494 e. The van der Waals surface area contributed by atoms with Gasteiger partial charge in [-0.3, -0.25) is 0 Å². The molecule has 1 aromatic rings. The second-order valence-electron chi connectivity index (χ2n) is 7.04. The molecule has 0 spiro atoms. The summed E-state index contributed by atoms with van der Waals surface area (Å²) in [6.45, 7) is 5.80. The molecule has 3 atom stereocenters. The van der Waals surface area contributed by atoms with Crippen LogP contribution >= 0.6 is 0 Å². The number of esters is 1. The molecule has 0 aliphatic carbocycles. The lowest BCUT2D eigenvalue weighted by molar-refractivity contribution is -0.940. The highest BCUT2D eigenvalue weighted by molar-refractivity contribution is 5.89. The molecule has 0 saturated carbocycles. The van der Waals surface area contributed by atoms with Crippen LogP contribution in [0.4, 0.5) is 0 Å². The zero-order valence-electron chi connectivity index (χ0n) is 14.8. The molecule has 0 radical (unpaired) electrons. The van der Waals surface area contributed by atoms with Crippen molar-refractivity contribution in [3.8, 4) is 5.75 Å². The van der Waals surface area contributed by atoms with E-state index in [0.717, 1.165) is 24.1 Å². The zero-order chi connectivity index (χ0) is 16.8. The molecule has 2 aliphatic heterocycles. The van der Waals surface area contributed by atoms with Gasteiger partial charge in [0.05, 0.1) is 37.9 Å². The Bertz CT molecular complexity index is 526. The predicted molar refractivity (Wildman–Crippen MR) is 93.6 cm³/mol. The maximum absolute atomic E-state index is 12.2. The topological polar surface area (TPSA) is 40.0 Å². The van der Waals surface area contributed by atoms with Crippen LogP contribution < -0.4 is 9.64 Å². The fourth-order valence-corrected chi connectivity index (χ4v) is 4.36. The standard InChI is InChI=1S/C20H29NO3/c1-2-23-18-10-8-17(9-11-18)20(22)24-15-12-16-6-5-14-21-13-4-3-7-19(16)21/h8-11,16,19H,2-7,12-15H2,1H3/p+1/t16-,19-/m1/s1. The van der Waals surface area contributed by atoms with Crippen molar-refractivity contribution in [2.24, 2.45) is 5.92 Å². The monoisotopic (exact) mass is 332 g/mol. The molecule has 2 aliphatic rings. The number of quaternary nitrogens is 1. The summed E-state index contributed by atoms with van der Waals surface area (Å²) in [4.78, 5) is 14.0. The highest BCUT2D eigenvalue weighted by atomic mass is 16.5. The molecule has 2 fully saturated rings. The average molecular weight is 332 g/mol. The largest absolute Gasteiger partial charge is 0.494 e. The molecular formula is C20H30NO3+. The van der Waals surface area contributed by atoms with Crippen molar-refractivity contribution in [2.45, 2.75) is 51.5 Å². The van der Waals surface area contributed by atoms with E-state index in [9.17, 15) is 4.79 Å². The van der Waals surface area contributed by atoms with Crippen LogP contribution in [0.2, 0.25) is 0 Å². The third-order valence-electron chi connectivity index (χ3n) is 5.55. The maximum Gasteiger partial charge on any atom is 0.338 e. The van der Waals surface area contributed by atoms with Crippen molar-refractivity contribution in [2.75, 3.05) is 26.3 Å². The van der Waals surface area contributed by atoms with Gasteiger partial charge < -0.3 is 14.4 Å². The first-order valence-corrected chi connectivity index (χ1v) is 9.52. The molecule has 132 valence electrons. The summed E-state index contributed by atoms with van der Waals surface area (Å²) in [5.41, 5.74) is 0.604. The van der Waals surface area contributed by atoms with Crippen molar-refractivity contribution in [1.29, 1.82) is 0 Å². The fraction of sp³-hybridized carbons (Fsp3) is 0.650. The Morgan fingerprint density at radius 3 is 2.71 bits per heavy atom. The SMILES string of the molecule is CCOc1ccc(C(=O)OCC[C@H]2CCC[NH+]3CCCC[C@H]23)cc1. The van der Waals surface area contributed by atoms with Crippen molar-refractivity contribution in [1.82, 2.24) is 0 Å². The first-order chi connectivity index (χ1) is 11.8. The molecule has 0 aromatic heterocycles. The normalized spacial score (nSPS) is 26.5. The molecule has 0 amide bonds. The van der Waals surface area contributed by atoms with Crippen molar-refractivity contribution in [3.05, 3.63) is 29.8 Å². The minimum absolute atomic E-state index is 0.221. The third-order valence-corrected chi connectivity index (χ3v) is 5.55. The first-order valence-electron chi connectivity index (χ1n) is 9.52. The number of rotatable bonds is 6. The van der Waals surface area contributed by atoms with E-state index in [1.807, 2.05) is 19.1 Å². The van der Waals surface area contributed by atoms with Crippen LogP contribution in [0.3, 0.4) is 0 Å². The lowest BCUT2D eigenvalue weighted by Gasteiger charge is -2.41. The summed E-state index contributed by atoms with van der Waals surface area (Å²) >= 11 is 0. The van der Waals surface area contributed by atoms with E-state index >= 15 is 0 Å².